The number of ether oxygens (including phenoxy) is 1. The normalized spacial score (nSPS) is 10.2. The third-order valence-electron chi connectivity index (χ3n) is 2.03. The van der Waals surface area contributed by atoms with Gasteiger partial charge >= 0.3 is 5.97 Å². The van der Waals surface area contributed by atoms with E-state index in [0.717, 1.165) is 11.0 Å². The first kappa shape index (κ1) is 10.4. The second kappa shape index (κ2) is 4.57. The summed E-state index contributed by atoms with van der Waals surface area (Å²) in [5.74, 6) is -0.269. The molecule has 0 bridgehead atoms. The highest BCUT2D eigenvalue weighted by atomic mass is 16.5. The summed E-state index contributed by atoms with van der Waals surface area (Å²) < 4.78 is 5.28. The molecule has 0 atom stereocenters. The zero-order chi connectivity index (χ0) is 11.4. The van der Waals surface area contributed by atoms with Gasteiger partial charge in [0.15, 0.2) is 0 Å². The van der Waals surface area contributed by atoms with Crippen molar-refractivity contribution in [2.45, 2.75) is 6.42 Å². The predicted octanol–water partition coefficient (Wildman–Crippen LogP) is 1.48. The smallest absolute Gasteiger partial charge is 0.306 e. The molecular weight excluding hydrogens is 208 g/mol. The molecule has 0 amide bonds. The summed E-state index contributed by atoms with van der Waals surface area (Å²) in [7, 11) is 0. The van der Waals surface area contributed by atoms with Crippen LogP contribution < -0.4 is 4.74 Å². The summed E-state index contributed by atoms with van der Waals surface area (Å²) in [5, 5.41) is 8.46. The molecule has 0 radical (unpaired) electrons. The van der Waals surface area contributed by atoms with Crippen LogP contribution in [0.15, 0.2) is 30.6 Å². The minimum absolute atomic E-state index is 0.0154. The monoisotopic (exact) mass is 218 g/mol. The molecule has 5 heteroatoms. The molecule has 16 heavy (non-hydrogen) atoms. The lowest BCUT2D eigenvalue weighted by Crippen LogP contribution is -2.04. The van der Waals surface area contributed by atoms with E-state index in [9.17, 15) is 4.79 Å². The van der Waals surface area contributed by atoms with Crippen molar-refractivity contribution in [3.05, 3.63) is 30.6 Å². The Kier molecular flexibility index (Phi) is 2.95. The van der Waals surface area contributed by atoms with Gasteiger partial charge in [0, 0.05) is 18.5 Å². The summed E-state index contributed by atoms with van der Waals surface area (Å²) in [4.78, 5) is 18.5. The van der Waals surface area contributed by atoms with Gasteiger partial charge in [0.2, 0.25) is 0 Å². The highest BCUT2D eigenvalue weighted by molar-refractivity contribution is 5.75. The summed E-state index contributed by atoms with van der Waals surface area (Å²) in [6.45, 7) is 0.154. The van der Waals surface area contributed by atoms with Gasteiger partial charge < -0.3 is 9.84 Å². The van der Waals surface area contributed by atoms with Crippen LogP contribution in [0.25, 0.3) is 11.0 Å². The van der Waals surface area contributed by atoms with E-state index in [1.54, 1.807) is 30.6 Å². The number of hydrogen-bond donors (Lipinski definition) is 1. The van der Waals surface area contributed by atoms with Gasteiger partial charge in [-0.25, -0.2) is 0 Å². The Balaban J connectivity index is 2.10. The molecule has 82 valence electrons. The van der Waals surface area contributed by atoms with E-state index in [2.05, 4.69) is 9.97 Å². The minimum Gasteiger partial charge on any atom is -0.493 e. The number of aliphatic carboxylic acids is 1. The first-order valence-electron chi connectivity index (χ1n) is 4.81. The third-order valence-corrected chi connectivity index (χ3v) is 2.03. The van der Waals surface area contributed by atoms with Crippen molar-refractivity contribution < 1.29 is 14.6 Å². The molecule has 1 N–H and O–H groups in total. The van der Waals surface area contributed by atoms with Crippen molar-refractivity contribution in [1.29, 1.82) is 0 Å². The SMILES string of the molecule is O=C(O)CCOc1ccc2nccnc2c1. The largest absolute Gasteiger partial charge is 0.493 e. The Morgan fingerprint density at radius 3 is 2.75 bits per heavy atom. The number of hydrogen-bond acceptors (Lipinski definition) is 4. The van der Waals surface area contributed by atoms with E-state index >= 15 is 0 Å². The topological polar surface area (TPSA) is 72.3 Å². The van der Waals surface area contributed by atoms with Crippen LogP contribution in [-0.2, 0) is 4.79 Å². The molecule has 0 unspecified atom stereocenters. The number of nitrogens with zero attached hydrogens (tertiary/aromatic N) is 2. The van der Waals surface area contributed by atoms with E-state index in [4.69, 9.17) is 9.84 Å². The second-order valence-corrected chi connectivity index (χ2v) is 3.20. The summed E-state index contributed by atoms with van der Waals surface area (Å²) in [6, 6.07) is 5.28. The maximum atomic E-state index is 10.3. The number of rotatable bonds is 4. The molecule has 1 aromatic carbocycles. The van der Waals surface area contributed by atoms with Crippen LogP contribution in [0.2, 0.25) is 0 Å². The lowest BCUT2D eigenvalue weighted by atomic mass is 10.3. The number of benzene rings is 1. The van der Waals surface area contributed by atoms with Crippen LogP contribution in [0.5, 0.6) is 5.75 Å². The summed E-state index contributed by atoms with van der Waals surface area (Å²) >= 11 is 0. The highest BCUT2D eigenvalue weighted by Gasteiger charge is 2.00. The van der Waals surface area contributed by atoms with E-state index in [1.807, 2.05) is 0 Å². The van der Waals surface area contributed by atoms with E-state index in [0.29, 0.717) is 5.75 Å². The fourth-order valence-electron chi connectivity index (χ4n) is 1.29. The summed E-state index contributed by atoms with van der Waals surface area (Å²) in [5.41, 5.74) is 1.52. The van der Waals surface area contributed by atoms with Crippen molar-refractivity contribution in [2.75, 3.05) is 6.61 Å². The molecule has 0 fully saturated rings. The number of carbonyl (C=O) groups is 1. The average Bonchev–Trinajstić information content (AvgIpc) is 2.28. The molecule has 0 aliphatic carbocycles. The Bertz CT molecular complexity index is 513. The van der Waals surface area contributed by atoms with Crippen molar-refractivity contribution in [3.63, 3.8) is 0 Å². The zero-order valence-electron chi connectivity index (χ0n) is 8.46. The van der Waals surface area contributed by atoms with E-state index in [-0.39, 0.29) is 13.0 Å². The Morgan fingerprint density at radius 1 is 1.25 bits per heavy atom. The lowest BCUT2D eigenvalue weighted by molar-refractivity contribution is -0.137. The van der Waals surface area contributed by atoms with Gasteiger partial charge in [-0.1, -0.05) is 0 Å². The molecule has 0 saturated carbocycles. The Labute approximate surface area is 91.7 Å². The van der Waals surface area contributed by atoms with Crippen LogP contribution in [-0.4, -0.2) is 27.7 Å². The molecule has 0 spiro atoms. The van der Waals surface area contributed by atoms with Crippen LogP contribution in [0.3, 0.4) is 0 Å². The molecule has 2 aromatic rings. The number of aromatic nitrogens is 2. The Hall–Kier alpha value is -2.17. The van der Waals surface area contributed by atoms with Crippen molar-refractivity contribution >= 4 is 17.0 Å². The number of carboxylic acids is 1. The quantitative estimate of drug-likeness (QED) is 0.841. The molecular formula is C11H10N2O3. The second-order valence-electron chi connectivity index (χ2n) is 3.20. The van der Waals surface area contributed by atoms with Gasteiger partial charge in [-0.3, -0.25) is 14.8 Å². The van der Waals surface area contributed by atoms with Gasteiger partial charge in [-0.15, -0.1) is 0 Å². The van der Waals surface area contributed by atoms with E-state index in [1.165, 1.54) is 0 Å². The molecule has 1 aromatic heterocycles. The first-order valence-corrected chi connectivity index (χ1v) is 4.81. The van der Waals surface area contributed by atoms with Gasteiger partial charge in [0.05, 0.1) is 24.1 Å². The fourth-order valence-corrected chi connectivity index (χ4v) is 1.29. The highest BCUT2D eigenvalue weighted by Crippen LogP contribution is 2.17. The van der Waals surface area contributed by atoms with Crippen molar-refractivity contribution in [1.82, 2.24) is 9.97 Å². The minimum atomic E-state index is -0.874. The number of fused-ring (bicyclic) bond motifs is 1. The van der Waals surface area contributed by atoms with Crippen molar-refractivity contribution in [2.24, 2.45) is 0 Å². The number of carboxylic acid groups (broad SMARTS) is 1. The first-order chi connectivity index (χ1) is 7.75. The van der Waals surface area contributed by atoms with Crippen LogP contribution >= 0.6 is 0 Å². The molecule has 5 nitrogen and oxygen atoms in total. The molecule has 2 rings (SSSR count). The van der Waals surface area contributed by atoms with Crippen molar-refractivity contribution in [3.8, 4) is 5.75 Å². The fraction of sp³-hybridized carbons (Fsp3) is 0.182. The van der Waals surface area contributed by atoms with E-state index < -0.39 is 5.97 Å². The van der Waals surface area contributed by atoms with Gasteiger partial charge in [0.25, 0.3) is 0 Å². The molecule has 0 saturated heterocycles. The standard InChI is InChI=1S/C11H10N2O3/c14-11(15)3-6-16-8-1-2-9-10(7-8)13-5-4-12-9/h1-2,4-5,7H,3,6H2,(H,14,15). The van der Waals surface area contributed by atoms with Gasteiger partial charge in [0.1, 0.15) is 5.75 Å². The zero-order valence-corrected chi connectivity index (χ0v) is 8.46. The third kappa shape index (κ3) is 2.44. The van der Waals surface area contributed by atoms with Crippen LogP contribution in [0, 0.1) is 0 Å². The predicted molar refractivity (Wildman–Crippen MR) is 57.3 cm³/mol. The van der Waals surface area contributed by atoms with Gasteiger partial charge in [-0.05, 0) is 12.1 Å². The maximum Gasteiger partial charge on any atom is 0.306 e. The average molecular weight is 218 g/mol. The van der Waals surface area contributed by atoms with Gasteiger partial charge in [-0.2, -0.15) is 0 Å². The van der Waals surface area contributed by atoms with Crippen LogP contribution in [0.4, 0.5) is 0 Å². The molecule has 0 aliphatic rings. The lowest BCUT2D eigenvalue weighted by Gasteiger charge is -2.04. The Morgan fingerprint density at radius 2 is 2.00 bits per heavy atom. The van der Waals surface area contributed by atoms with Crippen LogP contribution in [0.1, 0.15) is 6.42 Å². The maximum absolute atomic E-state index is 10.3. The molecule has 0 aliphatic heterocycles. The molecule has 1 heterocycles. The summed E-state index contributed by atoms with van der Waals surface area (Å²) in [6.07, 6.45) is 3.20.